The van der Waals surface area contributed by atoms with Crippen LogP contribution in [0.15, 0.2) is 24.3 Å². The van der Waals surface area contributed by atoms with E-state index in [1.165, 1.54) is 37.7 Å². The number of hydrogen-bond donors (Lipinski definition) is 2. The van der Waals surface area contributed by atoms with Crippen LogP contribution >= 0.6 is 0 Å². The third-order valence-electron chi connectivity index (χ3n) is 4.63. The Bertz CT molecular complexity index is 393. The maximum Gasteiger partial charge on any atom is 0.488 e. The van der Waals surface area contributed by atoms with Crippen molar-refractivity contribution in [2.75, 3.05) is 0 Å². The van der Waals surface area contributed by atoms with E-state index in [0.717, 1.165) is 0 Å². The van der Waals surface area contributed by atoms with Gasteiger partial charge in [0, 0.05) is 0 Å². The lowest BCUT2D eigenvalue weighted by molar-refractivity contribution is -0.00194. The second-order valence-electron chi connectivity index (χ2n) is 5.35. The van der Waals surface area contributed by atoms with Gasteiger partial charge in [-0.25, -0.2) is 0 Å². The van der Waals surface area contributed by atoms with Crippen molar-refractivity contribution in [3.8, 4) is 0 Å². The van der Waals surface area contributed by atoms with E-state index in [0.29, 0.717) is 16.8 Å². The predicted octanol–water partition coefficient (Wildman–Crippen LogP) is 1.41. The first-order valence-electron chi connectivity index (χ1n) is 6.17. The Morgan fingerprint density at radius 2 is 2.00 bits per heavy atom. The van der Waals surface area contributed by atoms with Gasteiger partial charge < -0.3 is 10.0 Å². The Morgan fingerprint density at radius 3 is 2.50 bits per heavy atom. The van der Waals surface area contributed by atoms with Crippen LogP contribution in [-0.4, -0.2) is 17.2 Å². The van der Waals surface area contributed by atoms with Crippen molar-refractivity contribution >= 4 is 12.6 Å². The molecule has 0 bridgehead atoms. The number of benzene rings is 1. The first-order valence-corrected chi connectivity index (χ1v) is 6.17. The third kappa shape index (κ3) is 1.42. The van der Waals surface area contributed by atoms with Crippen LogP contribution in [-0.2, 0) is 0 Å². The van der Waals surface area contributed by atoms with Crippen LogP contribution in [0.2, 0.25) is 0 Å². The summed E-state index contributed by atoms with van der Waals surface area (Å²) in [6.45, 7) is 0. The van der Waals surface area contributed by atoms with Gasteiger partial charge in [0.1, 0.15) is 0 Å². The van der Waals surface area contributed by atoms with E-state index in [2.05, 4.69) is 6.07 Å². The van der Waals surface area contributed by atoms with Crippen LogP contribution in [0.3, 0.4) is 0 Å². The number of hydrogen-bond acceptors (Lipinski definition) is 2. The Kier molecular flexibility index (Phi) is 2.34. The van der Waals surface area contributed by atoms with Crippen molar-refractivity contribution < 1.29 is 10.0 Å². The maximum atomic E-state index is 9.18. The van der Waals surface area contributed by atoms with E-state index in [9.17, 15) is 10.0 Å². The van der Waals surface area contributed by atoms with E-state index in [1.807, 2.05) is 12.1 Å². The fourth-order valence-corrected chi connectivity index (χ4v) is 3.38. The predicted molar refractivity (Wildman–Crippen MR) is 64.5 cm³/mol. The zero-order valence-corrected chi connectivity index (χ0v) is 9.39. The van der Waals surface area contributed by atoms with Gasteiger partial charge in [-0.15, -0.1) is 0 Å². The van der Waals surface area contributed by atoms with Crippen molar-refractivity contribution in [3.63, 3.8) is 0 Å². The van der Waals surface area contributed by atoms with Crippen LogP contribution < -0.4 is 5.46 Å². The van der Waals surface area contributed by atoms with Crippen molar-refractivity contribution in [1.29, 1.82) is 0 Å². The molecule has 16 heavy (non-hydrogen) atoms. The highest BCUT2D eigenvalue weighted by Crippen LogP contribution is 2.63. The Morgan fingerprint density at radius 1 is 1.19 bits per heavy atom. The van der Waals surface area contributed by atoms with Crippen LogP contribution in [0.1, 0.15) is 43.6 Å². The minimum Gasteiger partial charge on any atom is -0.423 e. The molecule has 84 valence electrons. The molecule has 1 spiro atoms. The van der Waals surface area contributed by atoms with Gasteiger partial charge in [0.2, 0.25) is 0 Å². The van der Waals surface area contributed by atoms with Crippen molar-refractivity contribution in [3.05, 3.63) is 29.8 Å². The summed E-state index contributed by atoms with van der Waals surface area (Å²) in [4.78, 5) is 0. The summed E-state index contributed by atoms with van der Waals surface area (Å²) in [6, 6.07) is 7.82. The van der Waals surface area contributed by atoms with Crippen molar-refractivity contribution in [2.24, 2.45) is 5.41 Å². The average Bonchev–Trinajstić information content (AvgIpc) is 2.14. The minimum absolute atomic E-state index is 0.582. The van der Waals surface area contributed by atoms with Crippen LogP contribution in [0.5, 0.6) is 0 Å². The highest BCUT2D eigenvalue weighted by atomic mass is 16.4. The van der Waals surface area contributed by atoms with Crippen LogP contribution in [0, 0.1) is 5.41 Å². The van der Waals surface area contributed by atoms with Crippen LogP contribution in [0.25, 0.3) is 0 Å². The largest absolute Gasteiger partial charge is 0.488 e. The molecule has 3 rings (SSSR count). The first kappa shape index (κ1) is 10.4. The van der Waals surface area contributed by atoms with E-state index in [1.54, 1.807) is 6.07 Å². The van der Waals surface area contributed by atoms with Crippen LogP contribution in [0.4, 0.5) is 0 Å². The lowest BCUT2D eigenvalue weighted by Crippen LogP contribution is -2.44. The molecule has 2 saturated carbocycles. The summed E-state index contributed by atoms with van der Waals surface area (Å²) < 4.78 is 0. The molecule has 1 aromatic carbocycles. The van der Waals surface area contributed by atoms with E-state index >= 15 is 0 Å². The molecular formula is C13H17BO2. The van der Waals surface area contributed by atoms with Gasteiger partial charge in [0.25, 0.3) is 0 Å². The monoisotopic (exact) mass is 216 g/mol. The molecule has 0 saturated heterocycles. The summed E-state index contributed by atoms with van der Waals surface area (Å²) in [5.74, 6) is 0.667. The Hall–Kier alpha value is -0.795. The lowest BCUT2D eigenvalue weighted by atomic mass is 9.48. The van der Waals surface area contributed by atoms with Gasteiger partial charge >= 0.3 is 7.12 Å². The normalized spacial score (nSPS) is 26.0. The molecule has 0 heterocycles. The minimum atomic E-state index is -1.34. The fourth-order valence-electron chi connectivity index (χ4n) is 3.38. The Labute approximate surface area is 96.5 Å². The quantitative estimate of drug-likeness (QED) is 0.734. The topological polar surface area (TPSA) is 40.5 Å². The van der Waals surface area contributed by atoms with Gasteiger partial charge in [-0.1, -0.05) is 30.7 Å². The zero-order chi connectivity index (χ0) is 11.2. The highest BCUT2D eigenvalue weighted by molar-refractivity contribution is 6.58. The fraction of sp³-hybridized carbons (Fsp3) is 0.538. The second kappa shape index (κ2) is 3.61. The summed E-state index contributed by atoms with van der Waals surface area (Å²) in [5.41, 5.74) is 2.51. The molecule has 2 fully saturated rings. The van der Waals surface area contributed by atoms with E-state index < -0.39 is 7.12 Å². The summed E-state index contributed by atoms with van der Waals surface area (Å²) in [5, 5.41) is 18.4. The lowest BCUT2D eigenvalue weighted by Gasteiger charge is -2.56. The molecule has 1 unspecified atom stereocenters. The molecule has 2 nitrogen and oxygen atoms in total. The van der Waals surface area contributed by atoms with Gasteiger partial charge in [-0.2, -0.15) is 0 Å². The molecule has 2 N–H and O–H groups in total. The molecule has 3 heteroatoms. The molecule has 0 radical (unpaired) electrons. The van der Waals surface area contributed by atoms with Gasteiger partial charge in [-0.05, 0) is 48.0 Å². The zero-order valence-electron chi connectivity index (χ0n) is 9.39. The van der Waals surface area contributed by atoms with Gasteiger partial charge in [0.05, 0.1) is 0 Å². The van der Waals surface area contributed by atoms with Gasteiger partial charge in [-0.3, -0.25) is 0 Å². The average molecular weight is 216 g/mol. The molecule has 2 aliphatic carbocycles. The van der Waals surface area contributed by atoms with E-state index in [4.69, 9.17) is 0 Å². The number of rotatable bonds is 2. The Balaban J connectivity index is 1.86. The molecule has 0 amide bonds. The van der Waals surface area contributed by atoms with Crippen molar-refractivity contribution in [2.45, 2.75) is 38.0 Å². The second-order valence-corrected chi connectivity index (χ2v) is 5.35. The molecule has 1 atom stereocenters. The first-order chi connectivity index (χ1) is 7.71. The summed E-state index contributed by atoms with van der Waals surface area (Å²) in [6.07, 6.45) is 6.74. The molecule has 0 aromatic heterocycles. The molecular weight excluding hydrogens is 199 g/mol. The molecule has 1 aromatic rings. The summed E-state index contributed by atoms with van der Waals surface area (Å²) >= 11 is 0. The smallest absolute Gasteiger partial charge is 0.423 e. The standard InChI is InChI=1S/C13H17BO2/c15-14(16)11-4-1-3-10(9-11)12-5-8-13(12)6-2-7-13/h1,3-4,9,12,15-16H,2,5-8H2. The third-order valence-corrected chi connectivity index (χ3v) is 4.63. The maximum absolute atomic E-state index is 9.18. The highest BCUT2D eigenvalue weighted by Gasteiger charge is 2.50. The molecule has 0 aliphatic heterocycles. The van der Waals surface area contributed by atoms with Crippen molar-refractivity contribution in [1.82, 2.24) is 0 Å². The van der Waals surface area contributed by atoms with E-state index in [-0.39, 0.29) is 0 Å². The molecule has 2 aliphatic rings. The summed E-state index contributed by atoms with van der Waals surface area (Å²) in [7, 11) is -1.34. The van der Waals surface area contributed by atoms with Gasteiger partial charge in [0.15, 0.2) is 0 Å². The SMILES string of the molecule is OB(O)c1cccc(C2CCC23CCC3)c1.